The number of methoxy groups -OCH3 is 1. The van der Waals surface area contributed by atoms with E-state index >= 15 is 0 Å². The Labute approximate surface area is 164 Å². The Hall–Kier alpha value is -2.05. The molecule has 1 aromatic carbocycles. The zero-order chi connectivity index (χ0) is 18.9. The largest absolute Gasteiger partial charge is 0.493 e. The normalized spacial score (nSPS) is 16.3. The molecule has 5 nitrogen and oxygen atoms in total. The van der Waals surface area contributed by atoms with Crippen molar-refractivity contribution < 1.29 is 19.0 Å². The van der Waals surface area contributed by atoms with Gasteiger partial charge in [0.05, 0.1) is 13.2 Å². The summed E-state index contributed by atoms with van der Waals surface area (Å²) in [6.07, 6.45) is 4.66. The molecule has 1 aliphatic rings. The average Bonchev–Trinajstić information content (AvgIpc) is 3.39. The molecule has 1 fully saturated rings. The zero-order valence-electron chi connectivity index (χ0n) is 15.7. The molecule has 1 saturated heterocycles. The zero-order valence-corrected chi connectivity index (χ0v) is 16.6. The van der Waals surface area contributed by atoms with Crippen LogP contribution >= 0.6 is 11.3 Å². The molecular weight excluding hydrogens is 362 g/mol. The summed E-state index contributed by atoms with van der Waals surface area (Å²) in [6.45, 7) is 1.84. The van der Waals surface area contributed by atoms with Crippen molar-refractivity contribution in [2.24, 2.45) is 0 Å². The predicted molar refractivity (Wildman–Crippen MR) is 107 cm³/mol. The summed E-state index contributed by atoms with van der Waals surface area (Å²) in [5, 5.41) is 5.04. The molecule has 27 heavy (non-hydrogen) atoms. The quantitative estimate of drug-likeness (QED) is 0.668. The summed E-state index contributed by atoms with van der Waals surface area (Å²) in [5.41, 5.74) is 0.989. The van der Waals surface area contributed by atoms with Crippen LogP contribution in [0.3, 0.4) is 0 Å². The van der Waals surface area contributed by atoms with E-state index in [1.165, 1.54) is 4.88 Å². The molecule has 3 rings (SSSR count). The Morgan fingerprint density at radius 3 is 3.00 bits per heavy atom. The second-order valence-corrected chi connectivity index (χ2v) is 7.67. The number of ether oxygens (including phenoxy) is 3. The van der Waals surface area contributed by atoms with Gasteiger partial charge in [0, 0.05) is 24.4 Å². The summed E-state index contributed by atoms with van der Waals surface area (Å²) in [5.74, 6) is 1.46. The van der Waals surface area contributed by atoms with Crippen molar-refractivity contribution in [2.75, 3.05) is 20.3 Å². The van der Waals surface area contributed by atoms with Gasteiger partial charge in [0.15, 0.2) is 11.5 Å². The molecule has 146 valence electrons. The highest BCUT2D eigenvalue weighted by Crippen LogP contribution is 2.29. The minimum Gasteiger partial charge on any atom is -0.493 e. The summed E-state index contributed by atoms with van der Waals surface area (Å²) < 4.78 is 16.9. The second-order valence-electron chi connectivity index (χ2n) is 6.64. The van der Waals surface area contributed by atoms with Gasteiger partial charge in [-0.3, -0.25) is 4.79 Å². The molecule has 1 N–H and O–H groups in total. The van der Waals surface area contributed by atoms with Crippen LogP contribution in [-0.2, 0) is 22.5 Å². The van der Waals surface area contributed by atoms with E-state index in [9.17, 15) is 4.79 Å². The lowest BCUT2D eigenvalue weighted by Gasteiger charge is -2.15. The first-order valence-electron chi connectivity index (χ1n) is 9.45. The Morgan fingerprint density at radius 1 is 1.33 bits per heavy atom. The van der Waals surface area contributed by atoms with Crippen LogP contribution in [0.25, 0.3) is 0 Å². The van der Waals surface area contributed by atoms with Gasteiger partial charge >= 0.3 is 0 Å². The molecule has 0 aliphatic carbocycles. The Kier molecular flexibility index (Phi) is 7.54. The number of rotatable bonds is 10. The summed E-state index contributed by atoms with van der Waals surface area (Å²) in [4.78, 5) is 13.4. The Balaban J connectivity index is 1.42. The molecular formula is C21H27NO4S. The van der Waals surface area contributed by atoms with E-state index in [-0.39, 0.29) is 12.0 Å². The van der Waals surface area contributed by atoms with Crippen LogP contribution in [0.15, 0.2) is 35.7 Å². The van der Waals surface area contributed by atoms with Gasteiger partial charge in [-0.2, -0.15) is 0 Å². The second kappa shape index (κ2) is 10.3. The topological polar surface area (TPSA) is 56.8 Å². The summed E-state index contributed by atoms with van der Waals surface area (Å²) >= 11 is 1.74. The van der Waals surface area contributed by atoms with Crippen molar-refractivity contribution in [3.8, 4) is 11.5 Å². The fourth-order valence-corrected chi connectivity index (χ4v) is 3.82. The molecule has 0 saturated carbocycles. The van der Waals surface area contributed by atoms with Gasteiger partial charge in [0.1, 0.15) is 6.61 Å². The van der Waals surface area contributed by atoms with E-state index in [1.54, 1.807) is 18.4 Å². The number of carbonyl (C=O) groups excluding carboxylic acids is 1. The third kappa shape index (κ3) is 6.26. The van der Waals surface area contributed by atoms with Crippen LogP contribution in [0.4, 0.5) is 0 Å². The van der Waals surface area contributed by atoms with Gasteiger partial charge < -0.3 is 19.5 Å². The lowest BCUT2D eigenvalue weighted by molar-refractivity contribution is -0.121. The third-order valence-electron chi connectivity index (χ3n) is 4.57. The van der Waals surface area contributed by atoms with Crippen LogP contribution in [0.1, 0.15) is 36.1 Å². The number of hydrogen-bond donors (Lipinski definition) is 1. The Bertz CT molecular complexity index is 711. The lowest BCUT2D eigenvalue weighted by atomic mass is 10.1. The standard InChI is InChI=1S/C21H27NO4S/c1-24-20-13-16(9-10-19(20)26-15-17-5-3-11-25-17)14-22-21(23)8-2-6-18-7-4-12-27-18/h4,7,9-10,12-13,17H,2-3,5-6,8,11,14-15H2,1H3,(H,22,23)/t17-/m0/s1. The van der Waals surface area contributed by atoms with Gasteiger partial charge in [-0.05, 0) is 54.8 Å². The molecule has 1 amide bonds. The molecule has 1 aromatic heterocycles. The number of aryl methyl sites for hydroxylation is 1. The monoisotopic (exact) mass is 389 g/mol. The lowest BCUT2D eigenvalue weighted by Crippen LogP contribution is -2.22. The van der Waals surface area contributed by atoms with Gasteiger partial charge in [0.25, 0.3) is 0 Å². The van der Waals surface area contributed by atoms with Gasteiger partial charge in [-0.15, -0.1) is 11.3 Å². The minimum atomic E-state index is 0.0734. The molecule has 1 atom stereocenters. The van der Waals surface area contributed by atoms with E-state index in [0.717, 1.165) is 37.9 Å². The SMILES string of the molecule is COc1cc(CNC(=O)CCCc2cccs2)ccc1OC[C@@H]1CCCO1. The number of nitrogens with one attached hydrogen (secondary N) is 1. The van der Waals surface area contributed by atoms with Crippen molar-refractivity contribution in [2.45, 2.75) is 44.8 Å². The van der Waals surface area contributed by atoms with E-state index in [0.29, 0.717) is 31.1 Å². The van der Waals surface area contributed by atoms with Gasteiger partial charge in [0.2, 0.25) is 5.91 Å². The third-order valence-corrected chi connectivity index (χ3v) is 5.51. The van der Waals surface area contributed by atoms with Crippen LogP contribution in [0.5, 0.6) is 11.5 Å². The summed E-state index contributed by atoms with van der Waals surface area (Å²) in [7, 11) is 1.63. The summed E-state index contributed by atoms with van der Waals surface area (Å²) in [6, 6.07) is 9.92. The van der Waals surface area contributed by atoms with E-state index < -0.39 is 0 Å². The molecule has 2 aromatic rings. The highest BCUT2D eigenvalue weighted by molar-refractivity contribution is 7.09. The number of thiophene rings is 1. The number of hydrogen-bond acceptors (Lipinski definition) is 5. The highest BCUT2D eigenvalue weighted by atomic mass is 32.1. The first-order valence-corrected chi connectivity index (χ1v) is 10.3. The van der Waals surface area contributed by atoms with Crippen LogP contribution in [0, 0.1) is 0 Å². The van der Waals surface area contributed by atoms with Crippen LogP contribution in [0.2, 0.25) is 0 Å². The molecule has 0 bridgehead atoms. The maximum absolute atomic E-state index is 12.0. The van der Waals surface area contributed by atoms with Crippen molar-refractivity contribution >= 4 is 17.2 Å². The molecule has 0 unspecified atom stereocenters. The first-order chi connectivity index (χ1) is 13.2. The van der Waals surface area contributed by atoms with E-state index in [1.807, 2.05) is 24.3 Å². The van der Waals surface area contributed by atoms with E-state index in [2.05, 4.69) is 16.8 Å². The number of amides is 1. The highest BCUT2D eigenvalue weighted by Gasteiger charge is 2.17. The number of benzene rings is 1. The maximum atomic E-state index is 12.0. The smallest absolute Gasteiger partial charge is 0.220 e. The van der Waals surface area contributed by atoms with Gasteiger partial charge in [-0.25, -0.2) is 0 Å². The predicted octanol–water partition coefficient (Wildman–Crippen LogP) is 3.95. The minimum absolute atomic E-state index is 0.0734. The molecule has 6 heteroatoms. The molecule has 0 radical (unpaired) electrons. The Morgan fingerprint density at radius 2 is 2.26 bits per heavy atom. The van der Waals surface area contributed by atoms with Crippen molar-refractivity contribution in [3.63, 3.8) is 0 Å². The van der Waals surface area contributed by atoms with E-state index in [4.69, 9.17) is 14.2 Å². The van der Waals surface area contributed by atoms with Crippen LogP contribution < -0.4 is 14.8 Å². The van der Waals surface area contributed by atoms with Crippen molar-refractivity contribution in [1.29, 1.82) is 0 Å². The maximum Gasteiger partial charge on any atom is 0.220 e. The molecule has 0 spiro atoms. The molecule has 2 heterocycles. The average molecular weight is 390 g/mol. The number of carbonyl (C=O) groups is 1. The molecule has 1 aliphatic heterocycles. The van der Waals surface area contributed by atoms with Crippen LogP contribution in [-0.4, -0.2) is 32.3 Å². The first kappa shape index (κ1) is 19.7. The van der Waals surface area contributed by atoms with Gasteiger partial charge in [-0.1, -0.05) is 12.1 Å². The van der Waals surface area contributed by atoms with Crippen molar-refractivity contribution in [1.82, 2.24) is 5.32 Å². The fourth-order valence-electron chi connectivity index (χ4n) is 3.07. The van der Waals surface area contributed by atoms with Crippen molar-refractivity contribution in [3.05, 3.63) is 46.2 Å². The fraction of sp³-hybridized carbons (Fsp3) is 0.476.